The molecule has 2 aromatic rings. The van der Waals surface area contributed by atoms with Crippen molar-refractivity contribution < 1.29 is 9.18 Å². The SMILES string of the molecule is NC(=O)CCNc1nc(Nc2ccc(F)cc2)ncc1C1CC1. The maximum atomic E-state index is 12.9. The molecule has 23 heavy (non-hydrogen) atoms. The topological polar surface area (TPSA) is 92.9 Å². The molecule has 6 nitrogen and oxygen atoms in total. The summed E-state index contributed by atoms with van der Waals surface area (Å²) < 4.78 is 12.9. The fourth-order valence-corrected chi connectivity index (χ4v) is 2.25. The number of hydrogen-bond acceptors (Lipinski definition) is 5. The van der Waals surface area contributed by atoms with Crippen LogP contribution in [0.15, 0.2) is 30.5 Å². The fourth-order valence-electron chi connectivity index (χ4n) is 2.25. The van der Waals surface area contributed by atoms with E-state index in [9.17, 15) is 9.18 Å². The van der Waals surface area contributed by atoms with E-state index in [1.165, 1.54) is 12.1 Å². The quantitative estimate of drug-likeness (QED) is 0.730. The number of benzene rings is 1. The smallest absolute Gasteiger partial charge is 0.229 e. The van der Waals surface area contributed by atoms with Crippen LogP contribution in [0.25, 0.3) is 0 Å². The van der Waals surface area contributed by atoms with Crippen LogP contribution in [0.4, 0.5) is 21.8 Å². The van der Waals surface area contributed by atoms with E-state index in [-0.39, 0.29) is 18.1 Å². The van der Waals surface area contributed by atoms with Gasteiger partial charge in [-0.3, -0.25) is 4.79 Å². The number of carbonyl (C=O) groups is 1. The zero-order chi connectivity index (χ0) is 16.2. The molecule has 0 bridgehead atoms. The molecule has 4 N–H and O–H groups in total. The number of anilines is 3. The molecule has 120 valence electrons. The molecule has 1 amide bonds. The largest absolute Gasteiger partial charge is 0.370 e. The lowest BCUT2D eigenvalue weighted by Gasteiger charge is -2.12. The summed E-state index contributed by atoms with van der Waals surface area (Å²) in [6.45, 7) is 0.433. The van der Waals surface area contributed by atoms with E-state index in [0.717, 1.165) is 18.4 Å². The van der Waals surface area contributed by atoms with Gasteiger partial charge >= 0.3 is 0 Å². The maximum absolute atomic E-state index is 12.9. The first-order chi connectivity index (χ1) is 11.1. The summed E-state index contributed by atoms with van der Waals surface area (Å²) in [5.41, 5.74) is 6.91. The second kappa shape index (κ2) is 6.60. The Morgan fingerprint density at radius 1 is 1.30 bits per heavy atom. The number of nitrogens with one attached hydrogen (secondary N) is 2. The van der Waals surface area contributed by atoms with Crippen LogP contribution in [0, 0.1) is 5.82 Å². The predicted octanol–water partition coefficient (Wildman–Crippen LogP) is 2.52. The Hall–Kier alpha value is -2.70. The lowest BCUT2D eigenvalue weighted by Crippen LogP contribution is -2.17. The van der Waals surface area contributed by atoms with Crippen molar-refractivity contribution in [1.82, 2.24) is 9.97 Å². The number of rotatable bonds is 7. The van der Waals surface area contributed by atoms with E-state index >= 15 is 0 Å². The first kappa shape index (κ1) is 15.2. The first-order valence-corrected chi connectivity index (χ1v) is 7.53. The Morgan fingerprint density at radius 3 is 2.70 bits per heavy atom. The lowest BCUT2D eigenvalue weighted by atomic mass is 10.2. The van der Waals surface area contributed by atoms with Gasteiger partial charge in [0, 0.05) is 30.4 Å². The summed E-state index contributed by atoms with van der Waals surface area (Å²) in [6.07, 6.45) is 4.29. The molecule has 1 saturated carbocycles. The molecule has 1 aromatic carbocycles. The number of amides is 1. The third kappa shape index (κ3) is 4.15. The standard InChI is InChI=1S/C16H18FN5O/c17-11-3-5-12(6-4-11)21-16-20-9-13(10-1-2-10)15(22-16)19-8-7-14(18)23/h3-6,9-10H,1-2,7-8H2,(H2,18,23)(H2,19,20,21,22). The normalized spacial score (nSPS) is 13.6. The Balaban J connectivity index is 1.75. The minimum atomic E-state index is -0.357. The van der Waals surface area contributed by atoms with Gasteiger partial charge in [0.15, 0.2) is 0 Å². The van der Waals surface area contributed by atoms with Gasteiger partial charge in [0.1, 0.15) is 11.6 Å². The first-order valence-electron chi connectivity index (χ1n) is 7.53. The molecule has 0 spiro atoms. The van der Waals surface area contributed by atoms with E-state index in [4.69, 9.17) is 5.73 Å². The van der Waals surface area contributed by atoms with Crippen molar-refractivity contribution in [1.29, 1.82) is 0 Å². The maximum Gasteiger partial charge on any atom is 0.229 e. The van der Waals surface area contributed by atoms with Gasteiger partial charge in [-0.25, -0.2) is 9.37 Å². The van der Waals surface area contributed by atoms with Gasteiger partial charge in [-0.15, -0.1) is 0 Å². The monoisotopic (exact) mass is 315 g/mol. The average molecular weight is 315 g/mol. The highest BCUT2D eigenvalue weighted by atomic mass is 19.1. The minimum absolute atomic E-state index is 0.245. The highest BCUT2D eigenvalue weighted by molar-refractivity contribution is 5.74. The zero-order valence-electron chi connectivity index (χ0n) is 12.6. The average Bonchev–Trinajstić information content (AvgIpc) is 3.34. The molecule has 1 heterocycles. The summed E-state index contributed by atoms with van der Waals surface area (Å²) in [4.78, 5) is 19.6. The van der Waals surface area contributed by atoms with E-state index in [0.29, 0.717) is 29.9 Å². The fraction of sp³-hybridized carbons (Fsp3) is 0.312. The van der Waals surface area contributed by atoms with Crippen molar-refractivity contribution in [3.8, 4) is 0 Å². The molecule has 1 aromatic heterocycles. The van der Waals surface area contributed by atoms with Crippen molar-refractivity contribution in [2.75, 3.05) is 17.2 Å². The highest BCUT2D eigenvalue weighted by Gasteiger charge is 2.27. The molecule has 0 saturated heterocycles. The number of nitrogens with zero attached hydrogens (tertiary/aromatic N) is 2. The molecule has 0 atom stereocenters. The summed E-state index contributed by atoms with van der Waals surface area (Å²) in [7, 11) is 0. The van der Waals surface area contributed by atoms with Gasteiger partial charge in [-0.2, -0.15) is 4.98 Å². The summed E-state index contributed by atoms with van der Waals surface area (Å²) in [5, 5.41) is 6.19. The molecule has 0 aliphatic heterocycles. The third-order valence-corrected chi connectivity index (χ3v) is 3.60. The molecule has 1 fully saturated rings. The molecule has 1 aliphatic rings. The Labute approximate surface area is 133 Å². The third-order valence-electron chi connectivity index (χ3n) is 3.60. The van der Waals surface area contributed by atoms with Crippen LogP contribution >= 0.6 is 0 Å². The van der Waals surface area contributed by atoms with Crippen LogP contribution in [0.1, 0.15) is 30.7 Å². The zero-order valence-corrected chi connectivity index (χ0v) is 12.6. The van der Waals surface area contributed by atoms with Gasteiger partial charge in [0.05, 0.1) is 0 Å². The molecule has 3 rings (SSSR count). The van der Waals surface area contributed by atoms with Crippen molar-refractivity contribution in [3.05, 3.63) is 41.8 Å². The number of hydrogen-bond donors (Lipinski definition) is 3. The predicted molar refractivity (Wildman–Crippen MR) is 86.0 cm³/mol. The molecule has 1 aliphatic carbocycles. The van der Waals surface area contributed by atoms with Crippen molar-refractivity contribution in [3.63, 3.8) is 0 Å². The van der Waals surface area contributed by atoms with E-state index in [1.54, 1.807) is 18.3 Å². The molecule has 0 radical (unpaired) electrons. The van der Waals surface area contributed by atoms with E-state index in [2.05, 4.69) is 20.6 Å². The van der Waals surface area contributed by atoms with E-state index in [1.807, 2.05) is 0 Å². The van der Waals surface area contributed by atoms with Crippen molar-refractivity contribution in [2.45, 2.75) is 25.2 Å². The number of nitrogens with two attached hydrogens (primary N) is 1. The van der Waals surface area contributed by atoms with Crippen LogP contribution in [-0.2, 0) is 4.79 Å². The Morgan fingerprint density at radius 2 is 2.04 bits per heavy atom. The number of aromatic nitrogens is 2. The molecular weight excluding hydrogens is 297 g/mol. The second-order valence-corrected chi connectivity index (χ2v) is 5.55. The summed E-state index contributed by atoms with van der Waals surface area (Å²) >= 11 is 0. The van der Waals surface area contributed by atoms with Crippen LogP contribution in [0.2, 0.25) is 0 Å². The van der Waals surface area contributed by atoms with Crippen molar-refractivity contribution >= 4 is 23.4 Å². The van der Waals surface area contributed by atoms with Crippen LogP contribution < -0.4 is 16.4 Å². The Bertz CT molecular complexity index is 700. The summed E-state index contributed by atoms with van der Waals surface area (Å²) in [5.74, 6) is 0.959. The van der Waals surface area contributed by atoms with Gasteiger partial charge < -0.3 is 16.4 Å². The minimum Gasteiger partial charge on any atom is -0.370 e. The number of carbonyl (C=O) groups excluding carboxylic acids is 1. The Kier molecular flexibility index (Phi) is 4.36. The van der Waals surface area contributed by atoms with Crippen LogP contribution in [0.3, 0.4) is 0 Å². The van der Waals surface area contributed by atoms with Crippen LogP contribution in [-0.4, -0.2) is 22.4 Å². The molecular formula is C16H18FN5O. The van der Waals surface area contributed by atoms with Gasteiger partial charge in [-0.05, 0) is 43.0 Å². The molecule has 7 heteroatoms. The van der Waals surface area contributed by atoms with Gasteiger partial charge in [0.2, 0.25) is 11.9 Å². The van der Waals surface area contributed by atoms with E-state index < -0.39 is 0 Å². The second-order valence-electron chi connectivity index (χ2n) is 5.55. The highest BCUT2D eigenvalue weighted by Crippen LogP contribution is 2.42. The van der Waals surface area contributed by atoms with Gasteiger partial charge in [-0.1, -0.05) is 0 Å². The summed E-state index contributed by atoms with van der Waals surface area (Å²) in [6, 6.07) is 5.97. The number of primary amides is 1. The van der Waals surface area contributed by atoms with Gasteiger partial charge in [0.25, 0.3) is 0 Å². The lowest BCUT2D eigenvalue weighted by molar-refractivity contribution is -0.117. The van der Waals surface area contributed by atoms with Crippen LogP contribution in [0.5, 0.6) is 0 Å². The molecule has 0 unspecified atom stereocenters. The van der Waals surface area contributed by atoms with Crippen molar-refractivity contribution in [2.24, 2.45) is 5.73 Å². The number of halogens is 1.